The molecule has 1 aromatic heterocycles. The van der Waals surface area contributed by atoms with Crippen LogP contribution in [0.2, 0.25) is 5.02 Å². The summed E-state index contributed by atoms with van der Waals surface area (Å²) in [5.41, 5.74) is -0.370. The van der Waals surface area contributed by atoms with Gasteiger partial charge in [-0.15, -0.1) is 0 Å². The number of hydrogen-bond acceptors (Lipinski definition) is 5. The lowest BCUT2D eigenvalue weighted by atomic mass is 9.85. The first-order chi connectivity index (χ1) is 18.9. The Hall–Kier alpha value is -3.08. The van der Waals surface area contributed by atoms with Crippen molar-refractivity contribution in [2.24, 2.45) is 5.92 Å². The topological polar surface area (TPSA) is 87.5 Å². The van der Waals surface area contributed by atoms with Crippen LogP contribution >= 0.6 is 11.6 Å². The van der Waals surface area contributed by atoms with Gasteiger partial charge in [0.1, 0.15) is 0 Å². The molecule has 0 radical (unpaired) electrons. The summed E-state index contributed by atoms with van der Waals surface area (Å²) in [5.74, 6) is -0.127. The van der Waals surface area contributed by atoms with Gasteiger partial charge in [-0.3, -0.25) is 19.0 Å². The maximum absolute atomic E-state index is 14.0. The number of halogens is 4. The van der Waals surface area contributed by atoms with E-state index in [1.165, 1.54) is 11.0 Å². The van der Waals surface area contributed by atoms with Gasteiger partial charge in [-0.05, 0) is 71.1 Å². The first-order valence-corrected chi connectivity index (χ1v) is 14.1. The van der Waals surface area contributed by atoms with Crippen LogP contribution in [-0.2, 0) is 23.9 Å². The highest BCUT2D eigenvalue weighted by molar-refractivity contribution is 6.31. The van der Waals surface area contributed by atoms with Crippen LogP contribution in [-0.4, -0.2) is 52.4 Å². The van der Waals surface area contributed by atoms with Crippen LogP contribution < -0.4 is 15.8 Å². The van der Waals surface area contributed by atoms with Crippen molar-refractivity contribution in [2.75, 3.05) is 25.0 Å². The molecule has 218 valence electrons. The van der Waals surface area contributed by atoms with Crippen LogP contribution in [0.4, 0.5) is 19.1 Å². The summed E-state index contributed by atoms with van der Waals surface area (Å²) >= 11 is 5.75. The molecule has 1 fully saturated rings. The molecule has 4 rings (SSSR count). The van der Waals surface area contributed by atoms with Crippen LogP contribution in [0, 0.1) is 5.92 Å². The van der Waals surface area contributed by atoms with Crippen molar-refractivity contribution >= 4 is 29.4 Å². The summed E-state index contributed by atoms with van der Waals surface area (Å²) in [6.07, 6.45) is -1.77. The SMILES string of the molecule is CCN(CC)c1nc2c(c(=O)n1C1CCC(C(=O)NC)CC1)C[C@@H](C)N(C(=O)c1ccc(Cl)c(C(F)(F)F)c1)C2. The zero-order valence-electron chi connectivity index (χ0n) is 23.1. The monoisotopic (exact) mass is 581 g/mol. The minimum absolute atomic E-state index is 0.00702. The number of rotatable bonds is 6. The first-order valence-electron chi connectivity index (χ1n) is 13.7. The Balaban J connectivity index is 1.70. The molecule has 12 heteroatoms. The van der Waals surface area contributed by atoms with E-state index in [4.69, 9.17) is 16.6 Å². The van der Waals surface area contributed by atoms with E-state index < -0.39 is 28.7 Å². The fourth-order valence-electron chi connectivity index (χ4n) is 5.83. The number of carbonyl (C=O) groups excluding carboxylic acids is 2. The fourth-order valence-corrected chi connectivity index (χ4v) is 6.06. The standard InChI is InChI=1S/C28H35ClF3N5O3/c1-5-35(6-2)27-34-23-15-36(25(39)18-9-12-22(29)21(14-18)28(30,31)32)16(3)13-20(23)26(40)37(27)19-10-7-17(8-11-19)24(38)33-4/h9,12,14,16-17,19H,5-8,10-11,13,15H2,1-4H3,(H,33,38)/t16-,17?,19?/m1/s1. The summed E-state index contributed by atoms with van der Waals surface area (Å²) in [6, 6.07) is 2.59. The number of benzene rings is 1. The lowest BCUT2D eigenvalue weighted by molar-refractivity contribution is -0.137. The van der Waals surface area contributed by atoms with Crippen molar-refractivity contribution in [1.82, 2.24) is 19.8 Å². The molecule has 40 heavy (non-hydrogen) atoms. The Morgan fingerprint density at radius 3 is 2.38 bits per heavy atom. The third kappa shape index (κ3) is 5.70. The lowest BCUT2D eigenvalue weighted by Crippen LogP contribution is -2.47. The molecule has 2 amide bonds. The third-order valence-electron chi connectivity index (χ3n) is 8.13. The van der Waals surface area contributed by atoms with E-state index in [1.54, 1.807) is 18.5 Å². The average Bonchev–Trinajstić information content (AvgIpc) is 2.93. The van der Waals surface area contributed by atoms with Gasteiger partial charge in [0.2, 0.25) is 11.9 Å². The van der Waals surface area contributed by atoms with Crippen molar-refractivity contribution in [3.8, 4) is 0 Å². The molecule has 1 N–H and O–H groups in total. The van der Waals surface area contributed by atoms with Crippen molar-refractivity contribution in [1.29, 1.82) is 0 Å². The van der Waals surface area contributed by atoms with E-state index in [1.807, 2.05) is 18.7 Å². The molecule has 1 atom stereocenters. The van der Waals surface area contributed by atoms with Gasteiger partial charge < -0.3 is 15.1 Å². The third-order valence-corrected chi connectivity index (χ3v) is 8.46. The molecule has 0 spiro atoms. The maximum atomic E-state index is 14.0. The second-order valence-electron chi connectivity index (χ2n) is 10.5. The highest BCUT2D eigenvalue weighted by atomic mass is 35.5. The summed E-state index contributed by atoms with van der Waals surface area (Å²) in [5, 5.41) is 2.23. The number of carbonyl (C=O) groups is 2. The Bertz CT molecular complexity index is 1330. The average molecular weight is 582 g/mol. The number of aromatic nitrogens is 2. The highest BCUT2D eigenvalue weighted by Gasteiger charge is 2.37. The van der Waals surface area contributed by atoms with Gasteiger partial charge in [0.05, 0.1) is 22.8 Å². The molecule has 1 aliphatic heterocycles. The number of amides is 2. The molecule has 8 nitrogen and oxygen atoms in total. The maximum Gasteiger partial charge on any atom is 0.417 e. The Morgan fingerprint density at radius 1 is 1.15 bits per heavy atom. The zero-order valence-corrected chi connectivity index (χ0v) is 23.9. The summed E-state index contributed by atoms with van der Waals surface area (Å²) in [6.45, 7) is 6.95. The van der Waals surface area contributed by atoms with Gasteiger partial charge >= 0.3 is 6.18 Å². The first kappa shape index (κ1) is 29.9. The Labute approximate surface area is 236 Å². The number of anilines is 1. The van der Waals surface area contributed by atoms with Gasteiger partial charge in [0.25, 0.3) is 11.5 Å². The summed E-state index contributed by atoms with van der Waals surface area (Å²) < 4.78 is 42.1. The Kier molecular flexibility index (Phi) is 8.82. The second-order valence-corrected chi connectivity index (χ2v) is 10.9. The Morgan fingerprint density at radius 2 is 1.80 bits per heavy atom. The number of fused-ring (bicyclic) bond motifs is 1. The minimum atomic E-state index is -4.70. The number of alkyl halides is 3. The van der Waals surface area contributed by atoms with Crippen LogP contribution in [0.1, 0.15) is 79.7 Å². The summed E-state index contributed by atoms with van der Waals surface area (Å²) in [7, 11) is 1.63. The highest BCUT2D eigenvalue weighted by Crippen LogP contribution is 2.37. The van der Waals surface area contributed by atoms with Crippen molar-refractivity contribution in [2.45, 2.75) is 77.7 Å². The van der Waals surface area contributed by atoms with Gasteiger partial charge in [0, 0.05) is 49.3 Å². The fraction of sp³-hybridized carbons (Fsp3) is 0.571. The van der Waals surface area contributed by atoms with E-state index in [0.29, 0.717) is 56.0 Å². The zero-order chi connectivity index (χ0) is 29.4. The van der Waals surface area contributed by atoms with E-state index >= 15 is 0 Å². The quantitative estimate of drug-likeness (QED) is 0.528. The molecule has 0 unspecified atom stereocenters. The predicted molar refractivity (Wildman–Crippen MR) is 147 cm³/mol. The van der Waals surface area contributed by atoms with Crippen LogP contribution in [0.15, 0.2) is 23.0 Å². The molecular weight excluding hydrogens is 547 g/mol. The lowest BCUT2D eigenvalue weighted by Gasteiger charge is -2.37. The molecular formula is C28H35ClF3N5O3. The number of nitrogens with zero attached hydrogens (tertiary/aromatic N) is 4. The van der Waals surface area contributed by atoms with Gasteiger partial charge in [-0.25, -0.2) is 4.98 Å². The van der Waals surface area contributed by atoms with Gasteiger partial charge in [-0.1, -0.05) is 11.6 Å². The molecule has 2 heterocycles. The van der Waals surface area contributed by atoms with Crippen LogP contribution in [0.3, 0.4) is 0 Å². The van der Waals surface area contributed by atoms with Crippen molar-refractivity contribution in [3.63, 3.8) is 0 Å². The van der Waals surface area contributed by atoms with E-state index in [9.17, 15) is 27.6 Å². The van der Waals surface area contributed by atoms with Crippen molar-refractivity contribution in [3.05, 3.63) is 56.0 Å². The van der Waals surface area contributed by atoms with Gasteiger partial charge in [-0.2, -0.15) is 13.2 Å². The van der Waals surface area contributed by atoms with E-state index in [2.05, 4.69) is 5.32 Å². The van der Waals surface area contributed by atoms with E-state index in [-0.39, 0.29) is 42.0 Å². The summed E-state index contributed by atoms with van der Waals surface area (Å²) in [4.78, 5) is 47.9. The molecule has 0 saturated heterocycles. The van der Waals surface area contributed by atoms with Crippen molar-refractivity contribution < 1.29 is 22.8 Å². The van der Waals surface area contributed by atoms with Gasteiger partial charge in [0.15, 0.2) is 0 Å². The molecule has 1 saturated carbocycles. The molecule has 0 bridgehead atoms. The predicted octanol–water partition coefficient (Wildman–Crippen LogP) is 4.83. The molecule has 1 aromatic carbocycles. The molecule has 2 aliphatic rings. The number of hydrogen-bond donors (Lipinski definition) is 1. The van der Waals surface area contributed by atoms with Crippen LogP contribution in [0.25, 0.3) is 0 Å². The minimum Gasteiger partial charge on any atom is -0.359 e. The number of nitrogens with one attached hydrogen (secondary N) is 1. The van der Waals surface area contributed by atoms with Crippen LogP contribution in [0.5, 0.6) is 0 Å². The second kappa shape index (κ2) is 11.8. The normalized spacial score (nSPS) is 21.1. The van der Waals surface area contributed by atoms with E-state index in [0.717, 1.165) is 12.1 Å². The largest absolute Gasteiger partial charge is 0.417 e. The molecule has 1 aliphatic carbocycles. The molecule has 2 aromatic rings. The smallest absolute Gasteiger partial charge is 0.359 e.